The average Bonchev–Trinajstić information content (AvgIpc) is 3.13. The molecule has 3 rings (SSSR count). The zero-order valence-electron chi connectivity index (χ0n) is 16.9. The number of likely N-dealkylation sites (tertiary alicyclic amines) is 1. The first-order chi connectivity index (χ1) is 14.0. The smallest absolute Gasteiger partial charge is 0.257 e. The van der Waals surface area contributed by atoms with Gasteiger partial charge in [0.2, 0.25) is 5.91 Å². The normalized spacial score (nSPS) is 15.1. The van der Waals surface area contributed by atoms with E-state index in [2.05, 4.69) is 25.9 Å². The van der Waals surface area contributed by atoms with Gasteiger partial charge in [0.25, 0.3) is 5.91 Å². The number of aromatic nitrogens is 1. The van der Waals surface area contributed by atoms with Crippen molar-refractivity contribution in [3.05, 3.63) is 40.3 Å². The number of ether oxygens (including phenoxy) is 1. The molecule has 1 aliphatic heterocycles. The van der Waals surface area contributed by atoms with Crippen LogP contribution in [0.2, 0.25) is 0 Å². The molecule has 2 N–H and O–H groups in total. The molecule has 7 nitrogen and oxygen atoms in total. The minimum atomic E-state index is -0.152. The summed E-state index contributed by atoms with van der Waals surface area (Å²) in [5, 5.41) is 8.87. The number of aryl methyl sites for hydroxylation is 1. The number of anilines is 1. The fraction of sp³-hybridized carbons (Fsp3) is 0.476. The van der Waals surface area contributed by atoms with Crippen LogP contribution < -0.4 is 15.4 Å². The zero-order chi connectivity index (χ0) is 20.6. The molecule has 0 atom stereocenters. The third kappa shape index (κ3) is 6.54. The van der Waals surface area contributed by atoms with Gasteiger partial charge in [-0.05, 0) is 64.0 Å². The van der Waals surface area contributed by atoms with Crippen LogP contribution in [0.1, 0.15) is 30.5 Å². The molecule has 0 bridgehead atoms. The van der Waals surface area contributed by atoms with E-state index in [-0.39, 0.29) is 24.3 Å². The van der Waals surface area contributed by atoms with E-state index in [4.69, 9.17) is 4.74 Å². The van der Waals surface area contributed by atoms with Gasteiger partial charge >= 0.3 is 0 Å². The van der Waals surface area contributed by atoms with Crippen LogP contribution in [-0.2, 0) is 16.1 Å². The van der Waals surface area contributed by atoms with Crippen molar-refractivity contribution in [3.8, 4) is 5.75 Å². The third-order valence-electron chi connectivity index (χ3n) is 4.88. The summed E-state index contributed by atoms with van der Waals surface area (Å²) in [7, 11) is 0. The molecule has 2 amide bonds. The molecule has 1 fully saturated rings. The molecule has 0 spiro atoms. The quantitative estimate of drug-likeness (QED) is 0.691. The standard InChI is InChI=1S/C21H28N4O3S/c1-3-22-20(26)13-28-19-6-4-17(5-7-19)24-21(27)16-8-10-25(11-9-16)12-18-14-29-15(2)23-18/h4-7,14,16H,3,8-13H2,1-2H3,(H,22,26)(H,24,27). The molecule has 0 radical (unpaired) electrons. The first-order valence-electron chi connectivity index (χ1n) is 9.97. The predicted octanol–water partition coefficient (Wildman–Crippen LogP) is 2.82. The largest absolute Gasteiger partial charge is 0.484 e. The SMILES string of the molecule is CCNC(=O)COc1ccc(NC(=O)C2CCN(Cc3csc(C)n3)CC2)cc1. The van der Waals surface area contributed by atoms with Gasteiger partial charge in [0, 0.05) is 30.1 Å². The van der Waals surface area contributed by atoms with Crippen LogP contribution in [0, 0.1) is 12.8 Å². The van der Waals surface area contributed by atoms with Crippen molar-refractivity contribution in [2.45, 2.75) is 33.2 Å². The Morgan fingerprint density at radius 2 is 1.97 bits per heavy atom. The van der Waals surface area contributed by atoms with Gasteiger partial charge in [-0.3, -0.25) is 14.5 Å². The molecule has 0 saturated carbocycles. The van der Waals surface area contributed by atoms with Crippen LogP contribution in [0.3, 0.4) is 0 Å². The lowest BCUT2D eigenvalue weighted by atomic mass is 9.95. The highest BCUT2D eigenvalue weighted by molar-refractivity contribution is 7.09. The minimum absolute atomic E-state index is 0.0153. The van der Waals surface area contributed by atoms with Crippen LogP contribution in [0.4, 0.5) is 5.69 Å². The lowest BCUT2D eigenvalue weighted by molar-refractivity contribution is -0.123. The van der Waals surface area contributed by atoms with Crippen LogP contribution in [0.15, 0.2) is 29.6 Å². The Kier molecular flexibility index (Phi) is 7.60. The van der Waals surface area contributed by atoms with E-state index in [0.29, 0.717) is 12.3 Å². The Morgan fingerprint density at radius 1 is 1.24 bits per heavy atom. The van der Waals surface area contributed by atoms with Crippen molar-refractivity contribution in [1.82, 2.24) is 15.2 Å². The Bertz CT molecular complexity index is 814. The first kappa shape index (κ1) is 21.3. The van der Waals surface area contributed by atoms with Crippen LogP contribution >= 0.6 is 11.3 Å². The van der Waals surface area contributed by atoms with Crippen LogP contribution in [0.25, 0.3) is 0 Å². The number of rotatable bonds is 8. The Morgan fingerprint density at radius 3 is 2.59 bits per heavy atom. The number of likely N-dealkylation sites (N-methyl/N-ethyl adjacent to an activating group) is 1. The number of thiazole rings is 1. The molecule has 0 unspecified atom stereocenters. The fourth-order valence-electron chi connectivity index (χ4n) is 3.34. The van der Waals surface area contributed by atoms with E-state index in [0.717, 1.165) is 48.9 Å². The predicted molar refractivity (Wildman–Crippen MR) is 114 cm³/mol. The summed E-state index contributed by atoms with van der Waals surface area (Å²) in [6.45, 7) is 7.11. The zero-order valence-corrected chi connectivity index (χ0v) is 17.8. The molecule has 0 aliphatic carbocycles. The molecule has 2 aromatic rings. The summed E-state index contributed by atoms with van der Waals surface area (Å²) in [5.41, 5.74) is 1.85. The number of nitrogens with zero attached hydrogens (tertiary/aromatic N) is 2. The molecule has 1 aromatic carbocycles. The molecule has 29 heavy (non-hydrogen) atoms. The van der Waals surface area contributed by atoms with Gasteiger partial charge in [0.1, 0.15) is 5.75 Å². The molecule has 2 heterocycles. The van der Waals surface area contributed by atoms with Gasteiger partial charge < -0.3 is 15.4 Å². The van der Waals surface area contributed by atoms with Gasteiger partial charge in [0.15, 0.2) is 6.61 Å². The topological polar surface area (TPSA) is 83.6 Å². The summed E-state index contributed by atoms with van der Waals surface area (Å²) < 4.78 is 5.42. The molecule has 1 aromatic heterocycles. The molecule has 8 heteroatoms. The van der Waals surface area contributed by atoms with Crippen LogP contribution in [-0.4, -0.2) is 47.9 Å². The van der Waals surface area contributed by atoms with E-state index in [1.165, 1.54) is 0 Å². The number of hydrogen-bond donors (Lipinski definition) is 2. The monoisotopic (exact) mass is 416 g/mol. The summed E-state index contributed by atoms with van der Waals surface area (Å²) in [6, 6.07) is 7.11. The van der Waals surface area contributed by atoms with Crippen molar-refractivity contribution in [2.24, 2.45) is 5.92 Å². The second-order valence-corrected chi connectivity index (χ2v) is 8.23. The number of piperidine rings is 1. The summed E-state index contributed by atoms with van der Waals surface area (Å²) in [5.74, 6) is 0.531. The van der Waals surface area contributed by atoms with Crippen molar-refractivity contribution in [1.29, 1.82) is 0 Å². The number of carbonyl (C=O) groups excluding carboxylic acids is 2. The Hall–Kier alpha value is -2.45. The summed E-state index contributed by atoms with van der Waals surface area (Å²) in [6.07, 6.45) is 1.70. The fourth-order valence-corrected chi connectivity index (χ4v) is 3.94. The van der Waals surface area contributed by atoms with Gasteiger partial charge in [0.05, 0.1) is 10.7 Å². The highest BCUT2D eigenvalue weighted by atomic mass is 32.1. The van der Waals surface area contributed by atoms with E-state index in [1.807, 2.05) is 13.8 Å². The van der Waals surface area contributed by atoms with Crippen molar-refractivity contribution in [2.75, 3.05) is 31.6 Å². The maximum Gasteiger partial charge on any atom is 0.257 e. The van der Waals surface area contributed by atoms with Crippen molar-refractivity contribution < 1.29 is 14.3 Å². The molecular weight excluding hydrogens is 388 g/mol. The summed E-state index contributed by atoms with van der Waals surface area (Å²) in [4.78, 5) is 30.9. The number of nitrogens with one attached hydrogen (secondary N) is 2. The maximum absolute atomic E-state index is 12.6. The van der Waals surface area contributed by atoms with Gasteiger partial charge in [-0.25, -0.2) is 4.98 Å². The van der Waals surface area contributed by atoms with E-state index < -0.39 is 0 Å². The third-order valence-corrected chi connectivity index (χ3v) is 5.70. The second kappa shape index (κ2) is 10.4. The lowest BCUT2D eigenvalue weighted by Crippen LogP contribution is -2.37. The Balaban J connectivity index is 1.41. The summed E-state index contributed by atoms with van der Waals surface area (Å²) >= 11 is 1.68. The highest BCUT2D eigenvalue weighted by Crippen LogP contribution is 2.22. The van der Waals surface area contributed by atoms with Crippen molar-refractivity contribution >= 4 is 28.8 Å². The second-order valence-electron chi connectivity index (χ2n) is 7.16. The van der Waals surface area contributed by atoms with Crippen molar-refractivity contribution in [3.63, 3.8) is 0 Å². The number of benzene rings is 1. The molecule has 1 saturated heterocycles. The maximum atomic E-state index is 12.6. The molecule has 1 aliphatic rings. The number of carbonyl (C=O) groups is 2. The van der Waals surface area contributed by atoms with Gasteiger partial charge in [-0.15, -0.1) is 11.3 Å². The number of hydrogen-bond acceptors (Lipinski definition) is 6. The van der Waals surface area contributed by atoms with Gasteiger partial charge in [-0.2, -0.15) is 0 Å². The van der Waals surface area contributed by atoms with E-state index in [1.54, 1.807) is 35.6 Å². The number of amides is 2. The minimum Gasteiger partial charge on any atom is -0.484 e. The molecular formula is C21H28N4O3S. The van der Waals surface area contributed by atoms with E-state index >= 15 is 0 Å². The average molecular weight is 417 g/mol. The lowest BCUT2D eigenvalue weighted by Gasteiger charge is -2.30. The first-order valence-corrected chi connectivity index (χ1v) is 10.8. The van der Waals surface area contributed by atoms with Crippen LogP contribution in [0.5, 0.6) is 5.75 Å². The molecule has 156 valence electrons. The van der Waals surface area contributed by atoms with E-state index in [9.17, 15) is 9.59 Å². The highest BCUT2D eigenvalue weighted by Gasteiger charge is 2.25. The Labute approximate surface area is 175 Å². The van der Waals surface area contributed by atoms with Gasteiger partial charge in [-0.1, -0.05) is 0 Å².